The van der Waals surface area contributed by atoms with Crippen molar-refractivity contribution in [3.63, 3.8) is 0 Å². The lowest BCUT2D eigenvalue weighted by Gasteiger charge is -1.97. The standard InChI is InChI=1S/C17H16/c1-14-7-5-9-16(13-14)10-6-12-17-11-4-3-8-15(17)2/h3-5,7-9,11,13H,10H2,1-2H3. The van der Waals surface area contributed by atoms with Crippen molar-refractivity contribution in [2.24, 2.45) is 0 Å². The van der Waals surface area contributed by atoms with E-state index in [2.05, 4.69) is 62.1 Å². The Kier molecular flexibility index (Phi) is 3.62. The summed E-state index contributed by atoms with van der Waals surface area (Å²) in [4.78, 5) is 0. The molecule has 0 radical (unpaired) electrons. The summed E-state index contributed by atoms with van der Waals surface area (Å²) in [6, 6.07) is 16.7. The molecule has 0 heteroatoms. The molecular weight excluding hydrogens is 204 g/mol. The first-order valence-corrected chi connectivity index (χ1v) is 5.86. The maximum absolute atomic E-state index is 3.24. The van der Waals surface area contributed by atoms with E-state index >= 15 is 0 Å². The van der Waals surface area contributed by atoms with E-state index in [0.717, 1.165) is 12.0 Å². The van der Waals surface area contributed by atoms with Crippen LogP contribution in [-0.2, 0) is 6.42 Å². The minimum atomic E-state index is 0.815. The SMILES string of the molecule is Cc1cccc(CC#Cc2ccccc2C)c1. The minimum Gasteiger partial charge on any atom is -0.0931 e. The lowest BCUT2D eigenvalue weighted by Crippen LogP contribution is -1.84. The summed E-state index contributed by atoms with van der Waals surface area (Å²) in [5, 5.41) is 0. The topological polar surface area (TPSA) is 0 Å². The van der Waals surface area contributed by atoms with Gasteiger partial charge in [0.1, 0.15) is 0 Å². The summed E-state index contributed by atoms with van der Waals surface area (Å²) in [6.07, 6.45) is 0.815. The van der Waals surface area contributed by atoms with Gasteiger partial charge in [-0.05, 0) is 31.0 Å². The molecule has 0 unspecified atom stereocenters. The second kappa shape index (κ2) is 5.37. The van der Waals surface area contributed by atoms with Crippen LogP contribution >= 0.6 is 0 Å². The summed E-state index contributed by atoms with van der Waals surface area (Å²) in [5.41, 5.74) is 4.94. The second-order valence-corrected chi connectivity index (χ2v) is 4.28. The van der Waals surface area contributed by atoms with Gasteiger partial charge < -0.3 is 0 Å². The van der Waals surface area contributed by atoms with E-state index in [0.29, 0.717) is 0 Å². The number of hydrogen-bond acceptors (Lipinski definition) is 0. The Morgan fingerprint density at radius 1 is 0.941 bits per heavy atom. The Bertz CT molecular complexity index is 568. The fraction of sp³-hybridized carbons (Fsp3) is 0.176. The van der Waals surface area contributed by atoms with Gasteiger partial charge in [0.05, 0.1) is 0 Å². The first kappa shape index (κ1) is 11.5. The molecule has 2 rings (SSSR count). The fourth-order valence-electron chi connectivity index (χ4n) is 1.78. The summed E-state index contributed by atoms with van der Waals surface area (Å²) < 4.78 is 0. The molecule has 84 valence electrons. The average Bonchev–Trinajstić information content (AvgIpc) is 2.32. The van der Waals surface area contributed by atoms with Gasteiger partial charge in [-0.25, -0.2) is 0 Å². The molecule has 0 spiro atoms. The van der Waals surface area contributed by atoms with Crippen molar-refractivity contribution < 1.29 is 0 Å². The first-order valence-electron chi connectivity index (χ1n) is 5.86. The lowest BCUT2D eigenvalue weighted by atomic mass is 10.1. The molecule has 0 aliphatic heterocycles. The van der Waals surface area contributed by atoms with Gasteiger partial charge in [-0.2, -0.15) is 0 Å². The van der Waals surface area contributed by atoms with E-state index in [-0.39, 0.29) is 0 Å². The summed E-state index contributed by atoms with van der Waals surface area (Å²) in [7, 11) is 0. The van der Waals surface area contributed by atoms with Crippen molar-refractivity contribution in [2.45, 2.75) is 20.3 Å². The van der Waals surface area contributed by atoms with Crippen LogP contribution in [0.15, 0.2) is 48.5 Å². The Morgan fingerprint density at radius 2 is 1.76 bits per heavy atom. The van der Waals surface area contributed by atoms with Crippen LogP contribution in [0.4, 0.5) is 0 Å². The third-order valence-electron chi connectivity index (χ3n) is 2.74. The predicted molar refractivity (Wildman–Crippen MR) is 72.9 cm³/mol. The van der Waals surface area contributed by atoms with Crippen LogP contribution in [0.3, 0.4) is 0 Å². The second-order valence-electron chi connectivity index (χ2n) is 4.28. The third-order valence-corrected chi connectivity index (χ3v) is 2.74. The number of hydrogen-bond donors (Lipinski definition) is 0. The highest BCUT2D eigenvalue weighted by Crippen LogP contribution is 2.06. The molecule has 0 aliphatic rings. The molecule has 0 saturated carbocycles. The first-order chi connectivity index (χ1) is 8.25. The molecule has 0 atom stereocenters. The molecule has 0 N–H and O–H groups in total. The minimum absolute atomic E-state index is 0.815. The largest absolute Gasteiger partial charge is 0.0931 e. The molecule has 17 heavy (non-hydrogen) atoms. The van der Waals surface area contributed by atoms with Crippen LogP contribution < -0.4 is 0 Å². The van der Waals surface area contributed by atoms with Crippen molar-refractivity contribution in [1.82, 2.24) is 0 Å². The zero-order chi connectivity index (χ0) is 12.1. The van der Waals surface area contributed by atoms with Gasteiger partial charge in [-0.1, -0.05) is 59.9 Å². The van der Waals surface area contributed by atoms with Gasteiger partial charge in [-0.15, -0.1) is 0 Å². The normalized spacial score (nSPS) is 9.53. The van der Waals surface area contributed by atoms with Crippen LogP contribution in [0.25, 0.3) is 0 Å². The molecule has 0 nitrogen and oxygen atoms in total. The maximum atomic E-state index is 3.24. The Morgan fingerprint density at radius 3 is 2.53 bits per heavy atom. The number of rotatable bonds is 1. The Labute approximate surface area is 103 Å². The van der Waals surface area contributed by atoms with Gasteiger partial charge in [-0.3, -0.25) is 0 Å². The van der Waals surface area contributed by atoms with E-state index in [9.17, 15) is 0 Å². The zero-order valence-corrected chi connectivity index (χ0v) is 10.3. The number of benzene rings is 2. The average molecular weight is 220 g/mol. The molecule has 0 fully saturated rings. The van der Waals surface area contributed by atoms with E-state index in [4.69, 9.17) is 0 Å². The highest BCUT2D eigenvalue weighted by Gasteiger charge is 1.92. The third kappa shape index (κ3) is 3.23. The van der Waals surface area contributed by atoms with Crippen molar-refractivity contribution in [3.05, 3.63) is 70.8 Å². The van der Waals surface area contributed by atoms with E-state index in [1.807, 2.05) is 12.1 Å². The smallest absolute Gasteiger partial charge is 0.0344 e. The molecule has 0 heterocycles. The van der Waals surface area contributed by atoms with E-state index in [1.165, 1.54) is 16.7 Å². The monoisotopic (exact) mass is 220 g/mol. The Balaban J connectivity index is 2.11. The number of aryl methyl sites for hydroxylation is 2. The van der Waals surface area contributed by atoms with Crippen LogP contribution in [0, 0.1) is 25.7 Å². The molecular formula is C17H16. The molecule has 0 aliphatic carbocycles. The van der Waals surface area contributed by atoms with Crippen LogP contribution in [0.2, 0.25) is 0 Å². The fourth-order valence-corrected chi connectivity index (χ4v) is 1.78. The zero-order valence-electron chi connectivity index (χ0n) is 10.3. The molecule has 0 saturated heterocycles. The lowest BCUT2D eigenvalue weighted by molar-refractivity contribution is 1.29. The molecule has 0 amide bonds. The van der Waals surface area contributed by atoms with Gasteiger partial charge >= 0.3 is 0 Å². The highest BCUT2D eigenvalue weighted by molar-refractivity contribution is 5.41. The summed E-state index contributed by atoms with van der Waals surface area (Å²) in [6.45, 7) is 4.20. The highest BCUT2D eigenvalue weighted by atomic mass is 14.0. The Hall–Kier alpha value is -2.00. The van der Waals surface area contributed by atoms with Crippen LogP contribution in [0.5, 0.6) is 0 Å². The molecule has 2 aromatic carbocycles. The van der Waals surface area contributed by atoms with Gasteiger partial charge in [0, 0.05) is 12.0 Å². The van der Waals surface area contributed by atoms with Gasteiger partial charge in [0.2, 0.25) is 0 Å². The van der Waals surface area contributed by atoms with Crippen LogP contribution in [-0.4, -0.2) is 0 Å². The molecule has 0 bridgehead atoms. The van der Waals surface area contributed by atoms with E-state index in [1.54, 1.807) is 0 Å². The van der Waals surface area contributed by atoms with Gasteiger partial charge in [0.25, 0.3) is 0 Å². The van der Waals surface area contributed by atoms with E-state index < -0.39 is 0 Å². The molecule has 0 aromatic heterocycles. The maximum Gasteiger partial charge on any atom is 0.0344 e. The molecule has 2 aromatic rings. The summed E-state index contributed by atoms with van der Waals surface area (Å²) in [5.74, 6) is 6.47. The predicted octanol–water partition coefficient (Wildman–Crippen LogP) is 3.90. The van der Waals surface area contributed by atoms with Crippen molar-refractivity contribution in [1.29, 1.82) is 0 Å². The summed E-state index contributed by atoms with van der Waals surface area (Å²) >= 11 is 0. The van der Waals surface area contributed by atoms with Crippen LogP contribution in [0.1, 0.15) is 22.3 Å². The van der Waals surface area contributed by atoms with Crippen molar-refractivity contribution in [2.75, 3.05) is 0 Å². The van der Waals surface area contributed by atoms with Gasteiger partial charge in [0.15, 0.2) is 0 Å². The van der Waals surface area contributed by atoms with Crippen molar-refractivity contribution in [3.8, 4) is 11.8 Å². The quantitative estimate of drug-likeness (QED) is 0.639. The van der Waals surface area contributed by atoms with Crippen molar-refractivity contribution >= 4 is 0 Å².